The number of aromatic nitrogens is 5. The average Bonchev–Trinajstić information content (AvgIpc) is 3.53. The molecule has 0 saturated heterocycles. The molecule has 1 saturated carbocycles. The minimum Gasteiger partial charge on any atom is -0.434 e. The normalized spacial score (nSPS) is 22.6. The lowest BCUT2D eigenvalue weighted by molar-refractivity contribution is -0.396. The van der Waals surface area contributed by atoms with Gasteiger partial charge in [-0.2, -0.15) is 19.1 Å². The largest absolute Gasteiger partial charge is 0.434 e. The molecular formula is C29H29F2N7O6. The highest BCUT2D eigenvalue weighted by atomic mass is 19.3. The Labute approximate surface area is 249 Å². The molecule has 0 amide bonds. The van der Waals surface area contributed by atoms with Crippen molar-refractivity contribution in [1.29, 1.82) is 5.26 Å². The summed E-state index contributed by atoms with van der Waals surface area (Å²) in [6, 6.07) is 7.17. The number of alkyl halides is 2. The average molecular weight is 610 g/mol. The molecule has 0 radical (unpaired) electrons. The lowest BCUT2D eigenvalue weighted by atomic mass is 9.70. The van der Waals surface area contributed by atoms with Gasteiger partial charge in [-0.15, -0.1) is 0 Å². The third-order valence-electron chi connectivity index (χ3n) is 7.90. The Kier molecular flexibility index (Phi) is 8.38. The second-order valence-corrected chi connectivity index (χ2v) is 11.0. The molecule has 4 aromatic rings. The van der Waals surface area contributed by atoms with Crippen molar-refractivity contribution in [2.24, 2.45) is 5.41 Å². The number of aldehydes is 1. The van der Waals surface area contributed by atoms with Crippen LogP contribution in [0, 0.1) is 16.7 Å². The van der Waals surface area contributed by atoms with E-state index in [9.17, 15) is 28.9 Å². The van der Waals surface area contributed by atoms with Crippen LogP contribution in [-0.4, -0.2) is 82.0 Å². The smallest absolute Gasteiger partial charge is 0.387 e. The maximum Gasteiger partial charge on any atom is 0.387 e. The lowest BCUT2D eigenvalue weighted by Crippen LogP contribution is -2.47. The number of rotatable bonds is 7. The van der Waals surface area contributed by atoms with Crippen molar-refractivity contribution in [3.63, 3.8) is 0 Å². The second kappa shape index (κ2) is 11.9. The van der Waals surface area contributed by atoms with Crippen LogP contribution < -0.4 is 4.74 Å². The molecule has 13 nitrogen and oxygen atoms in total. The van der Waals surface area contributed by atoms with Gasteiger partial charge in [-0.05, 0) is 45.4 Å². The van der Waals surface area contributed by atoms with Crippen LogP contribution in [0.25, 0.3) is 16.9 Å². The second-order valence-electron chi connectivity index (χ2n) is 11.0. The van der Waals surface area contributed by atoms with E-state index in [1.165, 1.54) is 36.1 Å². The molecule has 2 aliphatic carbocycles. The monoisotopic (exact) mass is 609 g/mol. The first kappa shape index (κ1) is 31.0. The minimum absolute atomic E-state index is 0.0545. The van der Waals surface area contributed by atoms with Gasteiger partial charge in [0.2, 0.25) is 0 Å². The first-order chi connectivity index (χ1) is 20.8. The zero-order valence-corrected chi connectivity index (χ0v) is 23.6. The number of nitrogens with zero attached hydrogens (tertiary/aromatic N) is 7. The van der Waals surface area contributed by atoms with Gasteiger partial charge < -0.3 is 25.2 Å². The Hall–Kier alpha value is -4.46. The fraction of sp³-hybridized carbons (Fsp3) is 0.379. The summed E-state index contributed by atoms with van der Waals surface area (Å²) in [4.78, 5) is 25.5. The van der Waals surface area contributed by atoms with Crippen LogP contribution >= 0.6 is 0 Å². The molecule has 3 heterocycles. The highest BCUT2D eigenvalue weighted by Gasteiger charge is 2.46. The summed E-state index contributed by atoms with van der Waals surface area (Å²) in [5.74, 6) is -0.971. The topological polar surface area (TPSA) is 190 Å². The molecule has 15 heteroatoms. The summed E-state index contributed by atoms with van der Waals surface area (Å²) in [5.41, 5.74) is 2.33. The number of fused-ring (bicyclic) bond motifs is 3. The Morgan fingerprint density at radius 2 is 1.91 bits per heavy atom. The van der Waals surface area contributed by atoms with E-state index < -0.39 is 24.7 Å². The minimum atomic E-state index is -3.20. The van der Waals surface area contributed by atoms with Gasteiger partial charge in [0.1, 0.15) is 18.4 Å². The number of nitriles is 1. The zero-order valence-electron chi connectivity index (χ0n) is 23.6. The van der Waals surface area contributed by atoms with Crippen LogP contribution in [0.3, 0.4) is 0 Å². The van der Waals surface area contributed by atoms with E-state index in [4.69, 9.17) is 20.1 Å². The van der Waals surface area contributed by atoms with Crippen molar-refractivity contribution >= 4 is 11.9 Å². The van der Waals surface area contributed by atoms with Crippen LogP contribution in [0.2, 0.25) is 0 Å². The van der Waals surface area contributed by atoms with Crippen LogP contribution in [0.1, 0.15) is 65.3 Å². The Morgan fingerprint density at radius 3 is 2.48 bits per heavy atom. The molecule has 6 rings (SSSR count). The van der Waals surface area contributed by atoms with Gasteiger partial charge in [-0.3, -0.25) is 4.79 Å². The SMILES string of the molecule is CC1(C#N)CC(O)C1.CN(C1CC(c2c(C=O)cccc2OC(F)F)c2c1nn1ccc(-c3cncnc3)nc21)C(O)(O)O. The summed E-state index contributed by atoms with van der Waals surface area (Å²) in [5, 5.41) is 51.3. The van der Waals surface area contributed by atoms with Gasteiger partial charge >= 0.3 is 12.7 Å². The molecular weight excluding hydrogens is 580 g/mol. The molecule has 1 aromatic carbocycles. The molecule has 0 bridgehead atoms. The third kappa shape index (κ3) is 5.98. The fourth-order valence-corrected chi connectivity index (χ4v) is 5.71. The standard InChI is InChI=1S/C23H20F2N6O5.C6H9NO/c1-30(23(33,34)35)16-7-14(18-12(10-32)3-2-4-17(18)36-22(24)25)19-20(16)29-31-6-5-15(28-21(19)31)13-8-26-11-27-9-13;1-6(4-7)2-5(8)3-6/h2-6,8-11,14,16,22,33-35H,7H2,1H3;5,8H,2-3H2,1H3. The lowest BCUT2D eigenvalue weighted by Gasteiger charge is -2.35. The number of aliphatic hydroxyl groups excluding tert-OH is 1. The summed E-state index contributed by atoms with van der Waals surface area (Å²) >= 11 is 0. The van der Waals surface area contributed by atoms with E-state index in [0.717, 1.165) is 4.90 Å². The van der Waals surface area contributed by atoms with Crippen molar-refractivity contribution in [3.05, 3.63) is 71.6 Å². The van der Waals surface area contributed by atoms with Crippen molar-refractivity contribution in [2.75, 3.05) is 7.05 Å². The Bertz CT molecular complexity index is 1700. The molecule has 2 unspecified atom stereocenters. The molecule has 4 N–H and O–H groups in total. The van der Waals surface area contributed by atoms with E-state index in [-0.39, 0.29) is 34.8 Å². The predicted molar refractivity (Wildman–Crippen MR) is 148 cm³/mol. The van der Waals surface area contributed by atoms with Gasteiger partial charge in [-0.25, -0.2) is 24.4 Å². The number of ether oxygens (including phenoxy) is 1. The van der Waals surface area contributed by atoms with Gasteiger partial charge in [0.15, 0.2) is 5.65 Å². The molecule has 0 spiro atoms. The maximum absolute atomic E-state index is 13.3. The van der Waals surface area contributed by atoms with Gasteiger partial charge in [0.05, 0.1) is 35.0 Å². The summed E-state index contributed by atoms with van der Waals surface area (Å²) in [6.07, 6.45) is 4.65. The van der Waals surface area contributed by atoms with Gasteiger partial charge in [0, 0.05) is 46.8 Å². The quantitative estimate of drug-likeness (QED) is 0.177. The molecule has 1 fully saturated rings. The highest BCUT2D eigenvalue weighted by molar-refractivity contribution is 5.80. The number of carbonyl (C=O) groups excluding carboxylic acids is 1. The first-order valence-electron chi connectivity index (χ1n) is 13.5. The number of aliphatic hydroxyl groups is 4. The van der Waals surface area contributed by atoms with E-state index in [1.807, 2.05) is 6.92 Å². The number of carbonyl (C=O) groups is 1. The maximum atomic E-state index is 13.3. The summed E-state index contributed by atoms with van der Waals surface area (Å²) < 4.78 is 32.7. The molecule has 230 valence electrons. The van der Waals surface area contributed by atoms with Gasteiger partial charge in [0.25, 0.3) is 0 Å². The Morgan fingerprint density at radius 1 is 1.20 bits per heavy atom. The van der Waals surface area contributed by atoms with Crippen molar-refractivity contribution in [1.82, 2.24) is 29.5 Å². The van der Waals surface area contributed by atoms with E-state index in [1.54, 1.807) is 24.7 Å². The molecule has 0 aliphatic heterocycles. The highest BCUT2D eigenvalue weighted by Crippen LogP contribution is 2.51. The molecule has 44 heavy (non-hydrogen) atoms. The van der Waals surface area contributed by atoms with Crippen LogP contribution in [0.5, 0.6) is 5.75 Å². The van der Waals surface area contributed by atoms with Crippen LogP contribution in [0.15, 0.2) is 49.2 Å². The molecule has 2 atom stereocenters. The number of hydrogen-bond acceptors (Lipinski definition) is 12. The third-order valence-corrected chi connectivity index (χ3v) is 7.90. The van der Waals surface area contributed by atoms with Crippen molar-refractivity contribution in [3.8, 4) is 23.1 Å². The zero-order chi connectivity index (χ0) is 31.8. The molecule has 2 aliphatic rings. The summed E-state index contributed by atoms with van der Waals surface area (Å²) in [7, 11) is 1.27. The Balaban J connectivity index is 0.000000418. The van der Waals surface area contributed by atoms with E-state index >= 15 is 0 Å². The van der Waals surface area contributed by atoms with Crippen molar-refractivity contribution in [2.45, 2.75) is 57.0 Å². The van der Waals surface area contributed by atoms with E-state index in [2.05, 4.69) is 21.1 Å². The van der Waals surface area contributed by atoms with Gasteiger partial charge in [-0.1, -0.05) is 12.1 Å². The van der Waals surface area contributed by atoms with Crippen LogP contribution in [-0.2, 0) is 0 Å². The number of benzene rings is 1. The predicted octanol–water partition coefficient (Wildman–Crippen LogP) is 2.37. The first-order valence-corrected chi connectivity index (χ1v) is 13.5. The molecule has 3 aromatic heterocycles. The van der Waals surface area contributed by atoms with E-state index in [0.29, 0.717) is 47.3 Å². The fourth-order valence-electron chi connectivity index (χ4n) is 5.71. The number of hydrogen-bond donors (Lipinski definition) is 4. The number of halogens is 2. The van der Waals surface area contributed by atoms with Crippen molar-refractivity contribution < 1.29 is 38.7 Å². The summed E-state index contributed by atoms with van der Waals surface area (Å²) in [6.45, 7) is -1.27. The van der Waals surface area contributed by atoms with Crippen LogP contribution in [0.4, 0.5) is 8.78 Å².